The Morgan fingerprint density at radius 1 is 1.01 bits per heavy atom. The number of benzene rings is 1. The van der Waals surface area contributed by atoms with E-state index in [1.165, 1.54) is 41.5 Å². The molecule has 0 saturated carbocycles. The number of fused-ring (bicyclic) bond motifs is 1. The van der Waals surface area contributed by atoms with Gasteiger partial charge in [0, 0.05) is 55.5 Å². The second-order valence-electron chi connectivity index (χ2n) is 17.3. The molecule has 4 heterocycles. The third kappa shape index (κ3) is 16.0. The Morgan fingerprint density at radius 2 is 1.73 bits per heavy atom. The molecule has 26 heteroatoms. The quantitative estimate of drug-likeness (QED) is 0.0182. The highest BCUT2D eigenvalue weighted by Gasteiger charge is 2.37. The van der Waals surface area contributed by atoms with Crippen molar-refractivity contribution in [1.82, 2.24) is 45.1 Å². The van der Waals surface area contributed by atoms with Crippen LogP contribution in [0.1, 0.15) is 84.0 Å². The second kappa shape index (κ2) is 25.7. The normalized spacial score (nSPS) is 16.2. The van der Waals surface area contributed by atoms with Crippen LogP contribution >= 0.6 is 19.2 Å². The number of hydrogen-bond acceptors (Lipinski definition) is 14. The number of hydrogen-bond donors (Lipinski definition) is 8. The van der Waals surface area contributed by atoms with Gasteiger partial charge < -0.3 is 56.2 Å². The van der Waals surface area contributed by atoms with Crippen molar-refractivity contribution >= 4 is 65.8 Å². The summed E-state index contributed by atoms with van der Waals surface area (Å²) in [5.41, 5.74) is 7.93. The van der Waals surface area contributed by atoms with Gasteiger partial charge in [-0.3, -0.25) is 37.7 Å². The van der Waals surface area contributed by atoms with Gasteiger partial charge >= 0.3 is 7.82 Å². The number of unbranched alkanes of at least 4 members (excludes halogenated alkanes) is 3. The number of amides is 6. The average Bonchev–Trinajstić information content (AvgIpc) is 4.11. The molecule has 6 amide bonds. The van der Waals surface area contributed by atoms with Gasteiger partial charge in [-0.15, -0.1) is 11.3 Å². The highest BCUT2D eigenvalue weighted by Crippen LogP contribution is 2.38. The van der Waals surface area contributed by atoms with Gasteiger partial charge in [0.25, 0.3) is 0 Å². The second-order valence-corrected chi connectivity index (χ2v) is 19.3. The van der Waals surface area contributed by atoms with E-state index in [0.717, 1.165) is 30.4 Å². The number of aliphatic hydroxyl groups excluding tert-OH is 1. The van der Waals surface area contributed by atoms with Gasteiger partial charge in [-0.05, 0) is 63.5 Å². The fraction of sp³-hybridized carbons (Fsp3) is 0.523. The summed E-state index contributed by atoms with van der Waals surface area (Å²) in [6, 6.07) is -0.713. The summed E-state index contributed by atoms with van der Waals surface area (Å²) in [5, 5.41) is 26.1. The average molecular weight is 1020 g/mol. The van der Waals surface area contributed by atoms with E-state index in [0.29, 0.717) is 62.3 Å². The van der Waals surface area contributed by atoms with Crippen LogP contribution < -0.4 is 27.0 Å². The number of aliphatic hydroxyl groups is 1. The van der Waals surface area contributed by atoms with Gasteiger partial charge in [-0.25, -0.2) is 18.9 Å². The van der Waals surface area contributed by atoms with E-state index in [4.69, 9.17) is 10.6 Å². The van der Waals surface area contributed by atoms with Gasteiger partial charge in [0.05, 0.1) is 36.6 Å². The molecular formula is C44H61FN11O12PS. The molecule has 0 aliphatic carbocycles. The largest absolute Gasteiger partial charge is 0.469 e. The number of aryl methyl sites for hydroxylation is 1. The minimum Gasteiger partial charge on any atom is -0.396 e. The lowest BCUT2D eigenvalue weighted by Gasteiger charge is -2.28. The minimum atomic E-state index is -5.14. The number of rotatable bonds is 27. The number of nitrogens with two attached hydrogens (primary N) is 1. The molecule has 0 radical (unpaired) electrons. The summed E-state index contributed by atoms with van der Waals surface area (Å²) in [6.07, 6.45) is 8.79. The number of carbonyl (C=O) groups excluding carboxylic acids is 6. The summed E-state index contributed by atoms with van der Waals surface area (Å²) in [4.78, 5) is 114. The fourth-order valence-electron chi connectivity index (χ4n) is 7.84. The standard InChI is InChI=1S/C44H61FN11O12PS/c1-26(2)17-33(50-43(63)37-13-10-15-55(37)28(4)58)40(60)49-34(41(61)51-36(23-57)42(62)53-38(39(46)59)27(3)68-69(64,65)66)19-31-20-47-25-54(31)14-7-5-6-8-16-67-48-21-32-24-70-44-52-35(22-56(32)44)29-11-9-12-30(45)18-29/h9,11-12,18,20-22,24-27,33-34,36-38,57H,5-8,10,13-17,19,23H2,1-4H3,(H2,46,59)(H,49,60)(H,50,63)(H,51,61)(H,53,62)(H2,64,65,66)/b48-21+/t27-,33+,34+,36+,37+,38+/m1/s1. The van der Waals surface area contributed by atoms with Crippen LogP contribution in [0.4, 0.5) is 4.39 Å². The Balaban J connectivity index is 1.21. The van der Waals surface area contributed by atoms with E-state index in [2.05, 4.69) is 40.9 Å². The van der Waals surface area contributed by atoms with E-state index in [9.17, 15) is 52.6 Å². The number of thiazole rings is 1. The van der Waals surface area contributed by atoms with E-state index in [1.54, 1.807) is 29.2 Å². The number of oxime groups is 1. The molecule has 5 rings (SSSR count). The molecule has 3 aromatic heterocycles. The maximum absolute atomic E-state index is 14.1. The zero-order valence-corrected chi connectivity index (χ0v) is 40.9. The van der Waals surface area contributed by atoms with Gasteiger partial charge in [-0.2, -0.15) is 0 Å². The first-order chi connectivity index (χ1) is 33.2. The van der Waals surface area contributed by atoms with Crippen LogP contribution in [-0.2, 0) is 55.7 Å². The number of phosphoric ester groups is 1. The maximum atomic E-state index is 14.1. The van der Waals surface area contributed by atoms with Crippen LogP contribution in [0, 0.1) is 11.7 Å². The molecule has 9 N–H and O–H groups in total. The number of nitrogens with zero attached hydrogens (tertiary/aromatic N) is 6. The monoisotopic (exact) mass is 1020 g/mol. The predicted octanol–water partition coefficient (Wildman–Crippen LogP) is 1.52. The molecule has 0 bridgehead atoms. The number of aromatic nitrogens is 4. The molecule has 1 saturated heterocycles. The zero-order chi connectivity index (χ0) is 51.1. The lowest BCUT2D eigenvalue weighted by molar-refractivity contribution is -0.139. The molecule has 382 valence electrons. The molecule has 1 aromatic carbocycles. The number of halogens is 1. The van der Waals surface area contributed by atoms with E-state index < -0.39 is 80.3 Å². The van der Waals surface area contributed by atoms with E-state index in [1.807, 2.05) is 29.8 Å². The molecule has 6 atom stereocenters. The molecule has 1 aliphatic heterocycles. The number of likely N-dealkylation sites (tertiary alicyclic amines) is 1. The molecule has 0 unspecified atom stereocenters. The lowest BCUT2D eigenvalue weighted by atomic mass is 10.0. The van der Waals surface area contributed by atoms with Gasteiger partial charge in [0.1, 0.15) is 42.6 Å². The van der Waals surface area contributed by atoms with Crippen molar-refractivity contribution in [2.24, 2.45) is 16.8 Å². The van der Waals surface area contributed by atoms with Crippen molar-refractivity contribution in [2.45, 2.75) is 122 Å². The van der Waals surface area contributed by atoms with Crippen LogP contribution in [0.25, 0.3) is 16.2 Å². The van der Waals surface area contributed by atoms with E-state index in [-0.39, 0.29) is 30.5 Å². The Morgan fingerprint density at radius 3 is 2.41 bits per heavy atom. The third-order valence-electron chi connectivity index (χ3n) is 11.3. The topological polar surface area (TPSA) is 324 Å². The number of imidazole rings is 2. The molecule has 4 aromatic rings. The van der Waals surface area contributed by atoms with Crippen LogP contribution in [0.3, 0.4) is 0 Å². The highest BCUT2D eigenvalue weighted by molar-refractivity contribution is 7.46. The summed E-state index contributed by atoms with van der Waals surface area (Å²) < 4.78 is 33.3. The van der Waals surface area contributed by atoms with Crippen molar-refractivity contribution in [3.63, 3.8) is 0 Å². The van der Waals surface area contributed by atoms with Crippen LogP contribution in [0.5, 0.6) is 0 Å². The number of primary amides is 1. The molecule has 1 fully saturated rings. The molecule has 0 spiro atoms. The third-order valence-corrected chi connectivity index (χ3v) is 12.8. The number of phosphoric acid groups is 1. The summed E-state index contributed by atoms with van der Waals surface area (Å²) >= 11 is 1.42. The highest BCUT2D eigenvalue weighted by atomic mass is 32.1. The maximum Gasteiger partial charge on any atom is 0.469 e. The Kier molecular flexibility index (Phi) is 20.1. The van der Waals surface area contributed by atoms with Crippen LogP contribution in [0.15, 0.2) is 53.5 Å². The van der Waals surface area contributed by atoms with Crippen LogP contribution in [0.2, 0.25) is 0 Å². The number of nitrogens with one attached hydrogen (secondary N) is 4. The minimum absolute atomic E-state index is 0.113. The molecule has 70 heavy (non-hydrogen) atoms. The molecule has 1 aliphatic rings. The SMILES string of the molecule is CC(=O)N1CCC[C@H]1C(=O)N[C@@H](CC(C)C)C(=O)N[C@@H](Cc1cncn1CCCCCCO/N=C/c1csc2nc(-c3cccc(F)c3)cn12)C(=O)N[C@@H](CO)C(=O)N[C@H](C(N)=O)[C@@H](C)OP(=O)(O)O. The Labute approximate surface area is 407 Å². The van der Waals surface area contributed by atoms with Crippen molar-refractivity contribution in [2.75, 3.05) is 19.8 Å². The summed E-state index contributed by atoms with van der Waals surface area (Å²) in [5.74, 6) is -5.37. The summed E-state index contributed by atoms with van der Waals surface area (Å²) in [6.45, 7) is 6.30. The first-order valence-electron chi connectivity index (χ1n) is 22.7. The Hall–Kier alpha value is -6.11. The molecular weight excluding hydrogens is 957 g/mol. The van der Waals surface area contributed by atoms with Crippen molar-refractivity contribution in [3.05, 3.63) is 65.6 Å². The van der Waals surface area contributed by atoms with Crippen molar-refractivity contribution < 1.29 is 62.0 Å². The van der Waals surface area contributed by atoms with Gasteiger partial charge in [0.15, 0.2) is 4.96 Å². The van der Waals surface area contributed by atoms with Crippen molar-refractivity contribution in [3.8, 4) is 11.3 Å². The Bertz CT molecular complexity index is 2530. The van der Waals surface area contributed by atoms with E-state index >= 15 is 0 Å². The zero-order valence-electron chi connectivity index (χ0n) is 39.2. The summed E-state index contributed by atoms with van der Waals surface area (Å²) in [7, 11) is -5.14. The fourth-order valence-corrected chi connectivity index (χ4v) is 9.22. The van der Waals surface area contributed by atoms with Gasteiger partial charge in [0.2, 0.25) is 35.4 Å². The number of carbonyl (C=O) groups is 6. The first kappa shape index (κ1) is 54.8. The smallest absolute Gasteiger partial charge is 0.396 e. The lowest BCUT2D eigenvalue weighted by Crippen LogP contribution is -2.61. The predicted molar refractivity (Wildman–Crippen MR) is 253 cm³/mol. The molecule has 23 nitrogen and oxygen atoms in total. The van der Waals surface area contributed by atoms with Gasteiger partial charge in [-0.1, -0.05) is 37.6 Å². The first-order valence-corrected chi connectivity index (χ1v) is 25.1. The van der Waals surface area contributed by atoms with Crippen LogP contribution in [-0.4, -0.2) is 136 Å². The van der Waals surface area contributed by atoms with Crippen molar-refractivity contribution in [1.29, 1.82) is 0 Å².